The van der Waals surface area contributed by atoms with Gasteiger partial charge < -0.3 is 14.4 Å². The lowest BCUT2D eigenvalue weighted by Crippen LogP contribution is -2.11. The molecule has 4 aromatic rings. The van der Waals surface area contributed by atoms with Crippen molar-refractivity contribution in [2.24, 2.45) is 0 Å². The molecule has 160 valence electrons. The molecular formula is C26H22N2O4. The summed E-state index contributed by atoms with van der Waals surface area (Å²) in [4.78, 5) is 28.5. The maximum atomic E-state index is 13.2. The van der Waals surface area contributed by atoms with E-state index in [-0.39, 0.29) is 5.78 Å². The van der Waals surface area contributed by atoms with Crippen molar-refractivity contribution < 1.29 is 19.4 Å². The number of aromatic nitrogens is 2. The number of imidazole rings is 1. The van der Waals surface area contributed by atoms with Gasteiger partial charge >= 0.3 is 5.97 Å². The Balaban J connectivity index is 1.61. The SMILES string of the molecule is Cc1ccc(C(=O)c2nc3ccccc3n2C/C=C/c2cccc(OCC(=O)O)c2)cc1. The standard InChI is InChI=1S/C26H22N2O4/c1-18-11-13-20(14-12-18)25(31)26-27-22-9-2-3-10-23(22)28(26)15-5-7-19-6-4-8-21(16-19)32-17-24(29)30/h2-14,16H,15,17H2,1H3,(H,29,30)/b7-5+. The molecule has 32 heavy (non-hydrogen) atoms. The van der Waals surface area contributed by atoms with Gasteiger partial charge in [-0.1, -0.05) is 66.2 Å². The minimum Gasteiger partial charge on any atom is -0.482 e. The topological polar surface area (TPSA) is 81.4 Å². The van der Waals surface area contributed by atoms with Crippen LogP contribution in [0.1, 0.15) is 27.3 Å². The number of para-hydroxylation sites is 2. The molecule has 0 saturated carbocycles. The lowest BCUT2D eigenvalue weighted by molar-refractivity contribution is -0.139. The molecule has 0 aliphatic rings. The summed E-state index contributed by atoms with van der Waals surface area (Å²) in [6.45, 7) is 2.04. The molecule has 4 rings (SSSR count). The number of aryl methyl sites for hydroxylation is 1. The minimum absolute atomic E-state index is 0.126. The summed E-state index contributed by atoms with van der Waals surface area (Å²) < 4.78 is 7.13. The third-order valence-electron chi connectivity index (χ3n) is 4.99. The molecule has 0 atom stereocenters. The number of ether oxygens (including phenoxy) is 1. The fourth-order valence-corrected chi connectivity index (χ4v) is 3.41. The number of hydrogen-bond donors (Lipinski definition) is 1. The maximum absolute atomic E-state index is 13.2. The lowest BCUT2D eigenvalue weighted by atomic mass is 10.1. The molecule has 1 aromatic heterocycles. The van der Waals surface area contributed by atoms with Crippen LogP contribution < -0.4 is 4.74 Å². The highest BCUT2D eigenvalue weighted by Gasteiger charge is 2.18. The number of benzene rings is 3. The molecule has 0 unspecified atom stereocenters. The summed E-state index contributed by atoms with van der Waals surface area (Å²) in [6.07, 6.45) is 3.85. The molecular weight excluding hydrogens is 404 g/mol. The van der Waals surface area contributed by atoms with Crippen LogP contribution in [0.15, 0.2) is 78.9 Å². The van der Waals surface area contributed by atoms with Crippen molar-refractivity contribution in [2.45, 2.75) is 13.5 Å². The number of ketones is 1. The van der Waals surface area contributed by atoms with Gasteiger partial charge in [-0.2, -0.15) is 0 Å². The van der Waals surface area contributed by atoms with Gasteiger partial charge in [0.1, 0.15) is 5.75 Å². The van der Waals surface area contributed by atoms with E-state index >= 15 is 0 Å². The van der Waals surface area contributed by atoms with Gasteiger partial charge in [-0.25, -0.2) is 9.78 Å². The molecule has 1 heterocycles. The van der Waals surface area contributed by atoms with E-state index in [0.29, 0.717) is 23.7 Å². The van der Waals surface area contributed by atoms with Crippen LogP contribution in [0.4, 0.5) is 0 Å². The van der Waals surface area contributed by atoms with Crippen LogP contribution in [-0.4, -0.2) is 33.0 Å². The summed E-state index contributed by atoms with van der Waals surface area (Å²) in [5.41, 5.74) is 4.20. The van der Waals surface area contributed by atoms with Crippen LogP contribution in [0.2, 0.25) is 0 Å². The van der Waals surface area contributed by atoms with Gasteiger partial charge in [-0.3, -0.25) is 4.79 Å². The fourth-order valence-electron chi connectivity index (χ4n) is 3.41. The molecule has 0 radical (unpaired) electrons. The zero-order valence-electron chi connectivity index (χ0n) is 17.6. The Morgan fingerprint density at radius 1 is 1.03 bits per heavy atom. The molecule has 0 amide bonds. The molecule has 0 bridgehead atoms. The predicted octanol–water partition coefficient (Wildman–Crippen LogP) is 4.75. The zero-order chi connectivity index (χ0) is 22.5. The number of rotatable bonds is 8. The third kappa shape index (κ3) is 4.75. The Morgan fingerprint density at radius 2 is 1.81 bits per heavy atom. The van der Waals surface area contributed by atoms with Gasteiger partial charge in [0.25, 0.3) is 0 Å². The second-order valence-corrected chi connectivity index (χ2v) is 7.39. The van der Waals surface area contributed by atoms with E-state index in [1.54, 1.807) is 18.2 Å². The second kappa shape index (κ2) is 9.31. The molecule has 0 aliphatic heterocycles. The number of carboxylic acid groups (broad SMARTS) is 1. The first-order chi connectivity index (χ1) is 15.5. The number of aliphatic carboxylic acids is 1. The zero-order valence-corrected chi connectivity index (χ0v) is 17.6. The summed E-state index contributed by atoms with van der Waals surface area (Å²) in [6, 6.07) is 22.3. The van der Waals surface area contributed by atoms with Crippen molar-refractivity contribution >= 4 is 28.9 Å². The predicted molar refractivity (Wildman–Crippen MR) is 123 cm³/mol. The van der Waals surface area contributed by atoms with E-state index in [1.165, 1.54) is 0 Å². The second-order valence-electron chi connectivity index (χ2n) is 7.39. The van der Waals surface area contributed by atoms with Crippen LogP contribution in [0.5, 0.6) is 5.75 Å². The van der Waals surface area contributed by atoms with E-state index in [1.807, 2.05) is 78.2 Å². The number of nitrogens with zero attached hydrogens (tertiary/aromatic N) is 2. The quantitative estimate of drug-likeness (QED) is 0.411. The van der Waals surface area contributed by atoms with E-state index in [0.717, 1.165) is 22.2 Å². The summed E-state index contributed by atoms with van der Waals surface area (Å²) >= 11 is 0. The van der Waals surface area contributed by atoms with Gasteiger partial charge in [0.15, 0.2) is 12.4 Å². The van der Waals surface area contributed by atoms with Crippen LogP contribution in [0.3, 0.4) is 0 Å². The van der Waals surface area contributed by atoms with Crippen LogP contribution in [0.25, 0.3) is 17.1 Å². The molecule has 3 aromatic carbocycles. The van der Waals surface area contributed by atoms with Gasteiger partial charge in [-0.15, -0.1) is 0 Å². The number of carbonyl (C=O) groups is 2. The fraction of sp³-hybridized carbons (Fsp3) is 0.115. The molecule has 0 aliphatic carbocycles. The van der Waals surface area contributed by atoms with E-state index in [4.69, 9.17) is 9.84 Å². The van der Waals surface area contributed by atoms with Crippen molar-refractivity contribution in [1.29, 1.82) is 0 Å². The molecule has 6 heteroatoms. The smallest absolute Gasteiger partial charge is 0.341 e. The molecule has 6 nitrogen and oxygen atoms in total. The molecule has 0 spiro atoms. The van der Waals surface area contributed by atoms with Crippen molar-refractivity contribution in [3.63, 3.8) is 0 Å². The monoisotopic (exact) mass is 426 g/mol. The number of allylic oxidation sites excluding steroid dienone is 1. The Hall–Kier alpha value is -4.19. The summed E-state index contributed by atoms with van der Waals surface area (Å²) in [7, 11) is 0. The largest absolute Gasteiger partial charge is 0.482 e. The normalized spacial score (nSPS) is 11.2. The van der Waals surface area contributed by atoms with Crippen LogP contribution in [-0.2, 0) is 11.3 Å². The van der Waals surface area contributed by atoms with Crippen molar-refractivity contribution in [2.75, 3.05) is 6.61 Å². The first-order valence-corrected chi connectivity index (χ1v) is 10.2. The maximum Gasteiger partial charge on any atom is 0.341 e. The summed E-state index contributed by atoms with van der Waals surface area (Å²) in [5.74, 6) is -0.279. The van der Waals surface area contributed by atoms with E-state index in [9.17, 15) is 9.59 Å². The van der Waals surface area contributed by atoms with Gasteiger partial charge in [0.05, 0.1) is 11.0 Å². The highest BCUT2D eigenvalue weighted by molar-refractivity contribution is 6.08. The first kappa shape index (κ1) is 21.1. The number of carbonyl (C=O) groups excluding carboxylic acids is 1. The average Bonchev–Trinajstić information content (AvgIpc) is 3.17. The number of carboxylic acids is 1. The van der Waals surface area contributed by atoms with Crippen LogP contribution >= 0.6 is 0 Å². The highest BCUT2D eigenvalue weighted by atomic mass is 16.5. The first-order valence-electron chi connectivity index (χ1n) is 10.2. The van der Waals surface area contributed by atoms with Crippen molar-refractivity contribution in [1.82, 2.24) is 9.55 Å². The Kier molecular flexibility index (Phi) is 6.12. The molecule has 0 fully saturated rings. The van der Waals surface area contributed by atoms with Gasteiger partial charge in [0, 0.05) is 12.1 Å². The van der Waals surface area contributed by atoms with E-state index in [2.05, 4.69) is 4.98 Å². The van der Waals surface area contributed by atoms with Crippen molar-refractivity contribution in [3.8, 4) is 5.75 Å². The van der Waals surface area contributed by atoms with Gasteiger partial charge in [-0.05, 0) is 36.8 Å². The highest BCUT2D eigenvalue weighted by Crippen LogP contribution is 2.20. The third-order valence-corrected chi connectivity index (χ3v) is 4.99. The van der Waals surface area contributed by atoms with Crippen LogP contribution in [0, 0.1) is 6.92 Å². The van der Waals surface area contributed by atoms with Gasteiger partial charge in [0.2, 0.25) is 5.78 Å². The van der Waals surface area contributed by atoms with E-state index < -0.39 is 12.6 Å². The average molecular weight is 426 g/mol. The van der Waals surface area contributed by atoms with Crippen molar-refractivity contribution in [3.05, 3.63) is 101 Å². The molecule has 0 saturated heterocycles. The minimum atomic E-state index is -1.02. The lowest BCUT2D eigenvalue weighted by Gasteiger charge is -2.07. The Bertz CT molecular complexity index is 1300. The number of fused-ring (bicyclic) bond motifs is 1. The number of hydrogen-bond acceptors (Lipinski definition) is 4. The molecule has 1 N–H and O–H groups in total. The Labute approximate surface area is 185 Å². The Morgan fingerprint density at radius 3 is 2.59 bits per heavy atom. The summed E-state index contributed by atoms with van der Waals surface area (Å²) in [5, 5.41) is 8.77.